The van der Waals surface area contributed by atoms with Crippen LogP contribution in [0.4, 0.5) is 0 Å². The topological polar surface area (TPSA) is 56.0 Å². The van der Waals surface area contributed by atoms with Crippen LogP contribution < -0.4 is 0 Å². The van der Waals surface area contributed by atoms with E-state index in [1.54, 1.807) is 30.2 Å². The minimum atomic E-state index is 0.0359. The molecule has 0 bridgehead atoms. The van der Waals surface area contributed by atoms with Gasteiger partial charge in [-0.15, -0.1) is 0 Å². The lowest BCUT2D eigenvalue weighted by Gasteiger charge is -2.16. The lowest BCUT2D eigenvalue weighted by molar-refractivity contribution is 0.0776. The molecule has 1 aliphatic rings. The van der Waals surface area contributed by atoms with E-state index in [1.807, 2.05) is 15.8 Å². The number of rotatable bonds is 2. The predicted molar refractivity (Wildman–Crippen MR) is 72.7 cm³/mol. The molecule has 100 valence electrons. The second-order valence-electron chi connectivity index (χ2n) is 4.67. The summed E-state index contributed by atoms with van der Waals surface area (Å²) in [5.41, 5.74) is 0.627. The van der Waals surface area contributed by atoms with Gasteiger partial charge in [0.15, 0.2) is 0 Å². The zero-order chi connectivity index (χ0) is 13.4. The molecule has 0 aliphatic carbocycles. The van der Waals surface area contributed by atoms with Crippen molar-refractivity contribution in [3.05, 3.63) is 34.8 Å². The van der Waals surface area contributed by atoms with Crippen molar-refractivity contribution < 1.29 is 4.79 Å². The highest BCUT2D eigenvalue weighted by Gasteiger charge is 2.29. The van der Waals surface area contributed by atoms with Crippen LogP contribution in [0, 0.1) is 0 Å². The number of carbonyl (C=O) groups is 1. The molecular formula is C12H14BrN5O. The van der Waals surface area contributed by atoms with E-state index in [0.717, 1.165) is 17.4 Å². The molecule has 0 spiro atoms. The molecule has 3 heterocycles. The van der Waals surface area contributed by atoms with Gasteiger partial charge in [0.2, 0.25) is 0 Å². The van der Waals surface area contributed by atoms with Crippen LogP contribution in [-0.2, 0) is 7.05 Å². The van der Waals surface area contributed by atoms with E-state index in [9.17, 15) is 4.79 Å². The first-order chi connectivity index (χ1) is 9.15. The Hall–Kier alpha value is -1.63. The van der Waals surface area contributed by atoms with Crippen molar-refractivity contribution >= 4 is 21.8 Å². The number of carbonyl (C=O) groups excluding carboxylic acids is 1. The van der Waals surface area contributed by atoms with Crippen LogP contribution in [0.25, 0.3) is 0 Å². The SMILES string of the molecule is Cn1nccc1C(=O)N1CCC(n2cc(Br)cn2)C1. The highest BCUT2D eigenvalue weighted by atomic mass is 79.9. The van der Waals surface area contributed by atoms with E-state index in [2.05, 4.69) is 26.1 Å². The Morgan fingerprint density at radius 3 is 2.95 bits per heavy atom. The molecule has 1 amide bonds. The Morgan fingerprint density at radius 2 is 2.32 bits per heavy atom. The van der Waals surface area contributed by atoms with Crippen LogP contribution >= 0.6 is 15.9 Å². The smallest absolute Gasteiger partial charge is 0.272 e. The first-order valence-corrected chi connectivity index (χ1v) is 6.91. The Balaban J connectivity index is 1.72. The summed E-state index contributed by atoms with van der Waals surface area (Å²) >= 11 is 3.39. The summed E-state index contributed by atoms with van der Waals surface area (Å²) in [6.45, 7) is 1.45. The van der Waals surface area contributed by atoms with Crippen molar-refractivity contribution in [2.45, 2.75) is 12.5 Å². The summed E-state index contributed by atoms with van der Waals surface area (Å²) in [6, 6.07) is 2.00. The fraction of sp³-hybridized carbons (Fsp3) is 0.417. The van der Waals surface area contributed by atoms with Crippen molar-refractivity contribution in [3.63, 3.8) is 0 Å². The van der Waals surface area contributed by atoms with Gasteiger partial charge in [-0.3, -0.25) is 14.2 Å². The number of aryl methyl sites for hydroxylation is 1. The average molecular weight is 324 g/mol. The maximum Gasteiger partial charge on any atom is 0.272 e. The molecule has 6 nitrogen and oxygen atoms in total. The monoisotopic (exact) mass is 323 g/mol. The first kappa shape index (κ1) is 12.4. The van der Waals surface area contributed by atoms with Crippen molar-refractivity contribution in [3.8, 4) is 0 Å². The van der Waals surface area contributed by atoms with Gasteiger partial charge >= 0.3 is 0 Å². The van der Waals surface area contributed by atoms with E-state index >= 15 is 0 Å². The Bertz CT molecular complexity index is 605. The third-order valence-electron chi connectivity index (χ3n) is 3.43. The molecule has 0 N–H and O–H groups in total. The Kier molecular flexibility index (Phi) is 3.14. The predicted octanol–water partition coefficient (Wildman–Crippen LogP) is 1.47. The molecular weight excluding hydrogens is 310 g/mol. The number of amides is 1. The Labute approximate surface area is 119 Å². The molecule has 0 aromatic carbocycles. The van der Waals surface area contributed by atoms with Gasteiger partial charge in [0.25, 0.3) is 5.91 Å². The molecule has 2 aromatic heterocycles. The molecule has 19 heavy (non-hydrogen) atoms. The number of hydrogen-bond acceptors (Lipinski definition) is 3. The molecule has 0 saturated carbocycles. The molecule has 7 heteroatoms. The van der Waals surface area contributed by atoms with Crippen LogP contribution in [0.1, 0.15) is 23.0 Å². The Morgan fingerprint density at radius 1 is 1.47 bits per heavy atom. The van der Waals surface area contributed by atoms with Crippen molar-refractivity contribution in [1.82, 2.24) is 24.5 Å². The standard InChI is InChI=1S/C12H14BrN5O/c1-16-11(2-4-14-16)12(19)17-5-3-10(8-17)18-7-9(13)6-15-18/h2,4,6-7,10H,3,5,8H2,1H3. The minimum absolute atomic E-state index is 0.0359. The quantitative estimate of drug-likeness (QED) is 0.840. The van der Waals surface area contributed by atoms with E-state index in [4.69, 9.17) is 0 Å². The zero-order valence-electron chi connectivity index (χ0n) is 10.5. The number of nitrogens with zero attached hydrogens (tertiary/aromatic N) is 5. The molecule has 1 atom stereocenters. The van der Waals surface area contributed by atoms with Crippen molar-refractivity contribution in [2.24, 2.45) is 7.05 Å². The highest BCUT2D eigenvalue weighted by Crippen LogP contribution is 2.23. The van der Waals surface area contributed by atoms with Gasteiger partial charge in [-0.1, -0.05) is 0 Å². The van der Waals surface area contributed by atoms with E-state index in [-0.39, 0.29) is 11.9 Å². The fourth-order valence-corrected chi connectivity index (χ4v) is 2.70. The normalized spacial score (nSPS) is 19.1. The molecule has 1 fully saturated rings. The van der Waals surface area contributed by atoms with Gasteiger partial charge in [-0.2, -0.15) is 10.2 Å². The van der Waals surface area contributed by atoms with Gasteiger partial charge in [0.05, 0.1) is 16.7 Å². The van der Waals surface area contributed by atoms with Crippen LogP contribution in [-0.4, -0.2) is 43.5 Å². The second kappa shape index (κ2) is 4.80. The van der Waals surface area contributed by atoms with Crippen LogP contribution in [0.3, 0.4) is 0 Å². The largest absolute Gasteiger partial charge is 0.335 e. The van der Waals surface area contributed by atoms with Crippen LogP contribution in [0.15, 0.2) is 29.1 Å². The summed E-state index contributed by atoms with van der Waals surface area (Å²) in [5.74, 6) is 0.0359. The van der Waals surface area contributed by atoms with E-state index in [1.165, 1.54) is 0 Å². The lowest BCUT2D eigenvalue weighted by atomic mass is 10.3. The van der Waals surface area contributed by atoms with Gasteiger partial charge in [-0.05, 0) is 28.4 Å². The highest BCUT2D eigenvalue weighted by molar-refractivity contribution is 9.10. The molecule has 0 radical (unpaired) electrons. The molecule has 2 aromatic rings. The second-order valence-corrected chi connectivity index (χ2v) is 5.59. The fourth-order valence-electron chi connectivity index (χ4n) is 2.40. The summed E-state index contributed by atoms with van der Waals surface area (Å²) in [4.78, 5) is 14.2. The molecule has 1 unspecified atom stereocenters. The molecule has 1 aliphatic heterocycles. The van der Waals surface area contributed by atoms with Gasteiger partial charge < -0.3 is 4.90 Å². The molecule has 3 rings (SSSR count). The number of aromatic nitrogens is 4. The third-order valence-corrected chi connectivity index (χ3v) is 3.84. The van der Waals surface area contributed by atoms with Crippen LogP contribution in [0.2, 0.25) is 0 Å². The maximum absolute atomic E-state index is 12.3. The average Bonchev–Trinajstić information content (AvgIpc) is 3.07. The zero-order valence-corrected chi connectivity index (χ0v) is 12.1. The minimum Gasteiger partial charge on any atom is -0.335 e. The third kappa shape index (κ3) is 2.30. The first-order valence-electron chi connectivity index (χ1n) is 6.12. The van der Waals surface area contributed by atoms with Gasteiger partial charge in [-0.25, -0.2) is 0 Å². The van der Waals surface area contributed by atoms with Crippen molar-refractivity contribution in [1.29, 1.82) is 0 Å². The van der Waals surface area contributed by atoms with Crippen LogP contribution in [0.5, 0.6) is 0 Å². The molecule has 1 saturated heterocycles. The number of halogens is 1. The van der Waals surface area contributed by atoms with Gasteiger partial charge in [0, 0.05) is 32.5 Å². The van der Waals surface area contributed by atoms with E-state index in [0.29, 0.717) is 12.2 Å². The number of likely N-dealkylation sites (tertiary alicyclic amines) is 1. The van der Waals surface area contributed by atoms with Gasteiger partial charge in [0.1, 0.15) is 5.69 Å². The van der Waals surface area contributed by atoms with Crippen molar-refractivity contribution in [2.75, 3.05) is 13.1 Å². The number of hydrogen-bond donors (Lipinski definition) is 0. The summed E-state index contributed by atoms with van der Waals surface area (Å²) in [7, 11) is 1.78. The summed E-state index contributed by atoms with van der Waals surface area (Å²) in [5, 5.41) is 8.32. The lowest BCUT2D eigenvalue weighted by Crippen LogP contribution is -2.30. The maximum atomic E-state index is 12.3. The summed E-state index contributed by atoms with van der Waals surface area (Å²) < 4.78 is 4.49. The van der Waals surface area contributed by atoms with E-state index < -0.39 is 0 Å². The summed E-state index contributed by atoms with van der Waals surface area (Å²) in [6.07, 6.45) is 6.29.